The van der Waals surface area contributed by atoms with E-state index in [4.69, 9.17) is 10.6 Å². The Kier molecular flexibility index (Phi) is 4.14. The molecule has 0 aliphatic heterocycles. The third kappa shape index (κ3) is 3.30. The lowest BCUT2D eigenvalue weighted by Crippen LogP contribution is -2.25. The fourth-order valence-electron chi connectivity index (χ4n) is 2.36. The van der Waals surface area contributed by atoms with Gasteiger partial charge in [0.05, 0.1) is 12.4 Å². The number of hydrogen-bond donors (Lipinski definition) is 2. The number of hydrazine groups is 1. The zero-order valence-corrected chi connectivity index (χ0v) is 10.2. The molecule has 1 aromatic rings. The predicted octanol–water partition coefficient (Wildman–Crippen LogP) is 2.11. The van der Waals surface area contributed by atoms with Crippen LogP contribution in [0, 0.1) is 5.92 Å². The normalized spacial score (nSPS) is 24.4. The van der Waals surface area contributed by atoms with Gasteiger partial charge in [-0.05, 0) is 25.2 Å². The fraction of sp³-hybridized carbons (Fsp3) is 0.667. The highest BCUT2D eigenvalue weighted by molar-refractivity contribution is 5.31. The minimum atomic E-state index is 0.274. The second-order valence-corrected chi connectivity index (χ2v) is 4.57. The molecule has 1 aromatic heterocycles. The smallest absolute Gasteiger partial charge is 0.234 e. The van der Waals surface area contributed by atoms with Crippen LogP contribution >= 0.6 is 0 Å². The summed E-state index contributed by atoms with van der Waals surface area (Å²) in [6, 6.07) is 0. The molecule has 1 fully saturated rings. The fourth-order valence-corrected chi connectivity index (χ4v) is 2.36. The molecule has 0 amide bonds. The third-order valence-electron chi connectivity index (χ3n) is 3.36. The number of anilines is 1. The summed E-state index contributed by atoms with van der Waals surface area (Å²) in [5.74, 6) is 7.17. The Morgan fingerprint density at radius 1 is 1.47 bits per heavy atom. The van der Waals surface area contributed by atoms with Crippen LogP contribution in [0.1, 0.15) is 39.0 Å². The van der Waals surface area contributed by atoms with Gasteiger partial charge in [0.25, 0.3) is 0 Å². The Bertz CT molecular complexity index is 358. The van der Waals surface area contributed by atoms with E-state index in [1.807, 2.05) is 0 Å². The number of nitrogens with zero attached hydrogens (tertiary/aromatic N) is 2. The first kappa shape index (κ1) is 12.1. The van der Waals surface area contributed by atoms with E-state index >= 15 is 0 Å². The van der Waals surface area contributed by atoms with Gasteiger partial charge in [0.15, 0.2) is 5.82 Å². The van der Waals surface area contributed by atoms with E-state index in [1.54, 1.807) is 12.4 Å². The number of ether oxygens (including phenoxy) is 1. The molecule has 0 aromatic carbocycles. The summed E-state index contributed by atoms with van der Waals surface area (Å²) in [6.45, 7) is 2.24. The van der Waals surface area contributed by atoms with Crippen LogP contribution in [0.4, 0.5) is 5.82 Å². The van der Waals surface area contributed by atoms with Crippen molar-refractivity contribution >= 4 is 5.82 Å². The van der Waals surface area contributed by atoms with Gasteiger partial charge in [0, 0.05) is 0 Å². The van der Waals surface area contributed by atoms with Crippen molar-refractivity contribution in [3.63, 3.8) is 0 Å². The van der Waals surface area contributed by atoms with Crippen LogP contribution in [0.25, 0.3) is 0 Å². The molecule has 17 heavy (non-hydrogen) atoms. The molecule has 3 N–H and O–H groups in total. The first-order valence-corrected chi connectivity index (χ1v) is 6.27. The minimum absolute atomic E-state index is 0.274. The van der Waals surface area contributed by atoms with Gasteiger partial charge in [-0.2, -0.15) is 4.98 Å². The maximum atomic E-state index is 5.86. The van der Waals surface area contributed by atoms with Crippen LogP contribution in [-0.2, 0) is 0 Å². The number of nitrogens with one attached hydrogen (secondary N) is 1. The molecule has 1 aliphatic carbocycles. The lowest BCUT2D eigenvalue weighted by molar-refractivity contribution is 0.117. The van der Waals surface area contributed by atoms with E-state index in [9.17, 15) is 0 Å². The molecule has 0 saturated heterocycles. The molecular weight excluding hydrogens is 216 g/mol. The van der Waals surface area contributed by atoms with Gasteiger partial charge >= 0.3 is 0 Å². The minimum Gasteiger partial charge on any atom is -0.473 e. The molecule has 2 atom stereocenters. The number of aromatic nitrogens is 2. The molecule has 2 unspecified atom stereocenters. The average molecular weight is 236 g/mol. The van der Waals surface area contributed by atoms with Crippen LogP contribution in [0.2, 0.25) is 0 Å². The van der Waals surface area contributed by atoms with E-state index in [0.29, 0.717) is 11.7 Å². The van der Waals surface area contributed by atoms with Gasteiger partial charge in [-0.1, -0.05) is 19.8 Å². The summed E-state index contributed by atoms with van der Waals surface area (Å²) >= 11 is 0. The molecule has 94 valence electrons. The van der Waals surface area contributed by atoms with Crippen molar-refractivity contribution in [2.75, 3.05) is 5.43 Å². The van der Waals surface area contributed by atoms with E-state index in [0.717, 1.165) is 18.8 Å². The molecule has 1 aliphatic rings. The molecule has 5 heteroatoms. The zero-order chi connectivity index (χ0) is 12.1. The number of hydrogen-bond acceptors (Lipinski definition) is 5. The van der Waals surface area contributed by atoms with Gasteiger partial charge in [-0.3, -0.25) is 4.98 Å². The van der Waals surface area contributed by atoms with Crippen molar-refractivity contribution in [2.45, 2.75) is 45.1 Å². The van der Waals surface area contributed by atoms with Crippen molar-refractivity contribution < 1.29 is 4.74 Å². The summed E-state index contributed by atoms with van der Waals surface area (Å²) in [5, 5.41) is 0. The highest BCUT2D eigenvalue weighted by Gasteiger charge is 2.22. The quantitative estimate of drug-likeness (QED) is 0.618. The van der Waals surface area contributed by atoms with Gasteiger partial charge in [-0.25, -0.2) is 5.84 Å². The van der Waals surface area contributed by atoms with Crippen molar-refractivity contribution in [3.8, 4) is 5.88 Å². The molecule has 2 rings (SSSR count). The van der Waals surface area contributed by atoms with Gasteiger partial charge < -0.3 is 10.2 Å². The largest absolute Gasteiger partial charge is 0.473 e. The highest BCUT2D eigenvalue weighted by atomic mass is 16.5. The van der Waals surface area contributed by atoms with Crippen molar-refractivity contribution in [3.05, 3.63) is 12.4 Å². The van der Waals surface area contributed by atoms with E-state index in [-0.39, 0.29) is 6.10 Å². The average Bonchev–Trinajstić information content (AvgIpc) is 2.39. The Morgan fingerprint density at radius 3 is 3.12 bits per heavy atom. The SMILES string of the molecule is CCC1CCCC(Oc2cncc(NN)n2)C1. The van der Waals surface area contributed by atoms with E-state index < -0.39 is 0 Å². The lowest BCUT2D eigenvalue weighted by Gasteiger charge is -2.28. The van der Waals surface area contributed by atoms with Crippen LogP contribution < -0.4 is 16.0 Å². The first-order chi connectivity index (χ1) is 8.31. The lowest BCUT2D eigenvalue weighted by atomic mass is 9.85. The topological polar surface area (TPSA) is 73.1 Å². The number of rotatable bonds is 4. The molecule has 0 radical (unpaired) electrons. The maximum Gasteiger partial charge on any atom is 0.234 e. The molecule has 1 heterocycles. The maximum absolute atomic E-state index is 5.86. The molecule has 0 bridgehead atoms. The summed E-state index contributed by atoms with van der Waals surface area (Å²) in [5.41, 5.74) is 2.47. The van der Waals surface area contributed by atoms with Crippen molar-refractivity contribution in [2.24, 2.45) is 11.8 Å². The zero-order valence-electron chi connectivity index (χ0n) is 10.2. The van der Waals surface area contributed by atoms with Gasteiger partial charge in [0.2, 0.25) is 5.88 Å². The molecule has 0 spiro atoms. The summed E-state index contributed by atoms with van der Waals surface area (Å²) in [7, 11) is 0. The van der Waals surface area contributed by atoms with Crippen molar-refractivity contribution in [1.29, 1.82) is 0 Å². The highest BCUT2D eigenvalue weighted by Crippen LogP contribution is 2.29. The number of nitrogen functional groups attached to an aromatic ring is 1. The van der Waals surface area contributed by atoms with Crippen LogP contribution in [0.3, 0.4) is 0 Å². The Hall–Kier alpha value is -1.36. The first-order valence-electron chi connectivity index (χ1n) is 6.27. The van der Waals surface area contributed by atoms with Crippen LogP contribution in [0.5, 0.6) is 5.88 Å². The predicted molar refractivity (Wildman–Crippen MR) is 66.5 cm³/mol. The summed E-state index contributed by atoms with van der Waals surface area (Å²) in [6.07, 6.45) is 9.51. The second kappa shape index (κ2) is 5.82. The standard InChI is InChI=1S/C12H20N4O/c1-2-9-4-3-5-10(6-9)17-12-8-14-7-11(15-12)16-13/h7-10H,2-6,13H2,1H3,(H,15,16). The molecule has 5 nitrogen and oxygen atoms in total. The monoisotopic (exact) mass is 236 g/mol. The van der Waals surface area contributed by atoms with E-state index in [2.05, 4.69) is 22.3 Å². The Balaban J connectivity index is 1.95. The van der Waals surface area contributed by atoms with Crippen LogP contribution in [0.15, 0.2) is 12.4 Å². The van der Waals surface area contributed by atoms with Gasteiger partial charge in [0.1, 0.15) is 6.10 Å². The summed E-state index contributed by atoms with van der Waals surface area (Å²) in [4.78, 5) is 8.25. The van der Waals surface area contributed by atoms with E-state index in [1.165, 1.54) is 19.3 Å². The van der Waals surface area contributed by atoms with Crippen molar-refractivity contribution in [1.82, 2.24) is 9.97 Å². The Labute approximate surface area is 102 Å². The second-order valence-electron chi connectivity index (χ2n) is 4.57. The third-order valence-corrected chi connectivity index (χ3v) is 3.36. The number of nitrogens with two attached hydrogens (primary N) is 1. The van der Waals surface area contributed by atoms with Gasteiger partial charge in [-0.15, -0.1) is 0 Å². The Morgan fingerprint density at radius 2 is 2.35 bits per heavy atom. The molecule has 1 saturated carbocycles. The summed E-state index contributed by atoms with van der Waals surface area (Å²) < 4.78 is 5.86. The van der Waals surface area contributed by atoms with Crippen LogP contribution in [-0.4, -0.2) is 16.1 Å². The molecular formula is C12H20N4O.